The Labute approximate surface area is 136 Å². The average molecular weight is 307 g/mol. The molecule has 0 radical (unpaired) electrons. The lowest BCUT2D eigenvalue weighted by Crippen LogP contribution is -2.19. The number of aryl methyl sites for hydroxylation is 1. The summed E-state index contributed by atoms with van der Waals surface area (Å²) in [5, 5.41) is 4.34. The number of hydrogen-bond acceptors (Lipinski definition) is 4. The zero-order chi connectivity index (χ0) is 16.1. The Kier molecular flexibility index (Phi) is 4.78. The van der Waals surface area contributed by atoms with Crippen LogP contribution in [0.2, 0.25) is 0 Å². The van der Waals surface area contributed by atoms with Crippen LogP contribution in [0.25, 0.3) is 5.69 Å². The van der Waals surface area contributed by atoms with E-state index < -0.39 is 0 Å². The zero-order valence-corrected chi connectivity index (χ0v) is 13.6. The van der Waals surface area contributed by atoms with Gasteiger partial charge < -0.3 is 0 Å². The van der Waals surface area contributed by atoms with Crippen molar-refractivity contribution in [3.8, 4) is 5.69 Å². The normalized spacial score (nSPS) is 11.1. The lowest BCUT2D eigenvalue weighted by Gasteiger charge is -2.18. The number of hydrogen-bond donors (Lipinski definition) is 0. The van der Waals surface area contributed by atoms with E-state index in [1.54, 1.807) is 6.20 Å². The third-order valence-electron chi connectivity index (χ3n) is 3.71. The van der Waals surface area contributed by atoms with Crippen molar-refractivity contribution in [3.05, 3.63) is 72.1 Å². The molecule has 0 aliphatic heterocycles. The minimum absolute atomic E-state index is 0.817. The summed E-state index contributed by atoms with van der Waals surface area (Å²) < 4.78 is 1.91. The highest BCUT2D eigenvalue weighted by Gasteiger charge is 2.08. The zero-order valence-electron chi connectivity index (χ0n) is 13.6. The highest BCUT2D eigenvalue weighted by atomic mass is 15.3. The van der Waals surface area contributed by atoms with Gasteiger partial charge in [-0.25, -0.2) is 14.6 Å². The lowest BCUT2D eigenvalue weighted by molar-refractivity contribution is 0.317. The average Bonchev–Trinajstić information content (AvgIpc) is 3.10. The van der Waals surface area contributed by atoms with Crippen LogP contribution >= 0.6 is 0 Å². The Hall–Kier alpha value is -2.53. The van der Waals surface area contributed by atoms with Gasteiger partial charge in [0.15, 0.2) is 0 Å². The van der Waals surface area contributed by atoms with E-state index in [1.807, 2.05) is 35.4 Å². The third-order valence-corrected chi connectivity index (χ3v) is 3.71. The first-order chi connectivity index (χ1) is 11.3. The number of para-hydroxylation sites is 1. The molecule has 0 atom stereocenters. The predicted molar refractivity (Wildman–Crippen MR) is 90.1 cm³/mol. The highest BCUT2D eigenvalue weighted by molar-refractivity contribution is 5.40. The molecule has 0 saturated heterocycles. The van der Waals surface area contributed by atoms with Crippen LogP contribution in [0.3, 0.4) is 0 Å². The molecule has 0 saturated carbocycles. The fourth-order valence-electron chi connectivity index (χ4n) is 2.58. The summed E-state index contributed by atoms with van der Waals surface area (Å²) in [4.78, 5) is 11.0. The van der Waals surface area contributed by atoms with E-state index in [2.05, 4.69) is 52.1 Å². The molecule has 0 bridgehead atoms. The van der Waals surface area contributed by atoms with Gasteiger partial charge in [0.2, 0.25) is 0 Å². The molecule has 2 heterocycles. The lowest BCUT2D eigenvalue weighted by atomic mass is 10.1. The molecule has 0 aliphatic carbocycles. The molecular weight excluding hydrogens is 286 g/mol. The van der Waals surface area contributed by atoms with Gasteiger partial charge in [0.05, 0.1) is 5.69 Å². The van der Waals surface area contributed by atoms with E-state index in [0.717, 1.165) is 36.6 Å². The monoisotopic (exact) mass is 307 g/mol. The SMILES string of the molecule is CCc1ncc(CN(C)Cc2ccccc2-n2cccn2)cn1. The molecule has 1 aromatic carbocycles. The van der Waals surface area contributed by atoms with Gasteiger partial charge in [-0.3, -0.25) is 4.90 Å². The quantitative estimate of drug-likeness (QED) is 0.702. The molecule has 0 amide bonds. The molecule has 2 aromatic heterocycles. The summed E-state index contributed by atoms with van der Waals surface area (Å²) in [6.07, 6.45) is 8.47. The van der Waals surface area contributed by atoms with Crippen LogP contribution in [0.15, 0.2) is 55.1 Å². The van der Waals surface area contributed by atoms with Crippen molar-refractivity contribution in [1.82, 2.24) is 24.6 Å². The minimum atomic E-state index is 0.817. The van der Waals surface area contributed by atoms with E-state index in [4.69, 9.17) is 0 Å². The van der Waals surface area contributed by atoms with Gasteiger partial charge in [0, 0.05) is 49.9 Å². The van der Waals surface area contributed by atoms with Gasteiger partial charge in [0.1, 0.15) is 5.82 Å². The maximum Gasteiger partial charge on any atom is 0.127 e. The van der Waals surface area contributed by atoms with Crippen LogP contribution in [-0.2, 0) is 19.5 Å². The molecule has 3 aromatic rings. The van der Waals surface area contributed by atoms with Gasteiger partial charge in [-0.1, -0.05) is 25.1 Å². The van der Waals surface area contributed by atoms with Crippen LogP contribution < -0.4 is 0 Å². The molecule has 5 nitrogen and oxygen atoms in total. The Morgan fingerprint density at radius 1 is 1.04 bits per heavy atom. The van der Waals surface area contributed by atoms with Crippen molar-refractivity contribution in [3.63, 3.8) is 0 Å². The minimum Gasteiger partial charge on any atom is -0.298 e. The summed E-state index contributed by atoms with van der Waals surface area (Å²) in [6, 6.07) is 10.3. The molecule has 0 N–H and O–H groups in total. The summed E-state index contributed by atoms with van der Waals surface area (Å²) in [5.74, 6) is 0.889. The van der Waals surface area contributed by atoms with Crippen LogP contribution in [0.4, 0.5) is 0 Å². The van der Waals surface area contributed by atoms with Gasteiger partial charge in [-0.15, -0.1) is 0 Å². The van der Waals surface area contributed by atoms with E-state index >= 15 is 0 Å². The fraction of sp³-hybridized carbons (Fsp3) is 0.278. The molecule has 118 valence electrons. The molecule has 0 aliphatic rings. The Bertz CT molecular complexity index is 734. The van der Waals surface area contributed by atoms with Gasteiger partial charge >= 0.3 is 0 Å². The van der Waals surface area contributed by atoms with E-state index in [9.17, 15) is 0 Å². The van der Waals surface area contributed by atoms with Crippen molar-refractivity contribution in [2.24, 2.45) is 0 Å². The predicted octanol–water partition coefficient (Wildman–Crippen LogP) is 2.86. The fourth-order valence-corrected chi connectivity index (χ4v) is 2.58. The first-order valence-corrected chi connectivity index (χ1v) is 7.82. The van der Waals surface area contributed by atoms with Crippen molar-refractivity contribution < 1.29 is 0 Å². The molecule has 0 unspecified atom stereocenters. The third kappa shape index (κ3) is 3.81. The molecule has 23 heavy (non-hydrogen) atoms. The van der Waals surface area contributed by atoms with Crippen LogP contribution in [0.1, 0.15) is 23.9 Å². The number of rotatable bonds is 6. The Balaban J connectivity index is 1.71. The first-order valence-electron chi connectivity index (χ1n) is 7.82. The van der Waals surface area contributed by atoms with Crippen molar-refractivity contribution in [2.45, 2.75) is 26.4 Å². The number of aromatic nitrogens is 4. The summed E-state index contributed by atoms with van der Waals surface area (Å²) in [7, 11) is 2.10. The van der Waals surface area contributed by atoms with Crippen LogP contribution in [0.5, 0.6) is 0 Å². The number of nitrogens with zero attached hydrogens (tertiary/aromatic N) is 5. The second-order valence-electron chi connectivity index (χ2n) is 5.61. The maximum atomic E-state index is 4.36. The first kappa shape index (κ1) is 15.4. The van der Waals surface area contributed by atoms with Crippen LogP contribution in [-0.4, -0.2) is 31.7 Å². The van der Waals surface area contributed by atoms with Gasteiger partial charge in [-0.2, -0.15) is 5.10 Å². The van der Waals surface area contributed by atoms with E-state index in [-0.39, 0.29) is 0 Å². The van der Waals surface area contributed by atoms with Crippen molar-refractivity contribution >= 4 is 0 Å². The Morgan fingerprint density at radius 3 is 2.52 bits per heavy atom. The van der Waals surface area contributed by atoms with E-state index in [1.165, 1.54) is 5.56 Å². The summed E-state index contributed by atoms with van der Waals surface area (Å²) >= 11 is 0. The second kappa shape index (κ2) is 7.15. The smallest absolute Gasteiger partial charge is 0.127 e. The molecule has 0 fully saturated rings. The van der Waals surface area contributed by atoms with Crippen molar-refractivity contribution in [2.75, 3.05) is 7.05 Å². The molecule has 0 spiro atoms. The maximum absolute atomic E-state index is 4.36. The highest BCUT2D eigenvalue weighted by Crippen LogP contribution is 2.16. The second-order valence-corrected chi connectivity index (χ2v) is 5.61. The topological polar surface area (TPSA) is 46.8 Å². The summed E-state index contributed by atoms with van der Waals surface area (Å²) in [6.45, 7) is 3.72. The summed E-state index contributed by atoms with van der Waals surface area (Å²) in [5.41, 5.74) is 3.48. The van der Waals surface area contributed by atoms with Gasteiger partial charge in [-0.05, 0) is 24.7 Å². The number of benzene rings is 1. The Morgan fingerprint density at radius 2 is 1.83 bits per heavy atom. The van der Waals surface area contributed by atoms with Crippen LogP contribution in [0, 0.1) is 0 Å². The van der Waals surface area contributed by atoms with Crippen molar-refractivity contribution in [1.29, 1.82) is 0 Å². The molecule has 5 heteroatoms. The standard InChI is InChI=1S/C18H21N5/c1-3-18-19-11-15(12-20-18)13-22(2)14-16-7-4-5-8-17(16)23-10-6-9-21-23/h4-12H,3,13-14H2,1-2H3. The molecular formula is C18H21N5. The van der Waals surface area contributed by atoms with E-state index in [0.29, 0.717) is 0 Å². The molecule has 3 rings (SSSR count). The van der Waals surface area contributed by atoms with Gasteiger partial charge in [0.25, 0.3) is 0 Å². The largest absolute Gasteiger partial charge is 0.298 e.